The molecule has 0 radical (unpaired) electrons. The first-order valence-corrected chi connectivity index (χ1v) is 5.19. The van der Waals surface area contributed by atoms with E-state index in [1.807, 2.05) is 0 Å². The van der Waals surface area contributed by atoms with Crippen molar-refractivity contribution in [2.75, 3.05) is 18.9 Å². The van der Waals surface area contributed by atoms with Crippen molar-refractivity contribution in [2.24, 2.45) is 0 Å². The van der Waals surface area contributed by atoms with Gasteiger partial charge in [0.15, 0.2) is 5.79 Å². The molecule has 0 aliphatic rings. The summed E-state index contributed by atoms with van der Waals surface area (Å²) in [6.45, 7) is 4.10. The Labute approximate surface area is 95.2 Å². The Morgan fingerprint density at radius 3 is 2.75 bits per heavy atom. The van der Waals surface area contributed by atoms with Gasteiger partial charge >= 0.3 is 0 Å². The van der Waals surface area contributed by atoms with E-state index in [1.165, 1.54) is 0 Å². The summed E-state index contributed by atoms with van der Waals surface area (Å²) in [6, 6.07) is 5.22. The molecule has 0 aliphatic carbocycles. The van der Waals surface area contributed by atoms with Crippen molar-refractivity contribution in [1.29, 1.82) is 0 Å². The fourth-order valence-electron chi connectivity index (χ4n) is 1.07. The van der Waals surface area contributed by atoms with Crippen molar-refractivity contribution < 1.29 is 14.6 Å². The zero-order chi connectivity index (χ0) is 12.0. The number of hydrogen-bond donors (Lipinski definition) is 2. The molecule has 1 aromatic rings. The maximum atomic E-state index is 9.28. The molecule has 1 heterocycles. The van der Waals surface area contributed by atoms with Crippen molar-refractivity contribution in [3.8, 4) is 5.88 Å². The topological polar surface area (TPSA) is 77.6 Å². The smallest absolute Gasteiger partial charge is 0.215 e. The van der Waals surface area contributed by atoms with Crippen LogP contribution in [0.25, 0.3) is 0 Å². The average molecular weight is 226 g/mol. The Hall–Kier alpha value is -1.33. The molecule has 0 aromatic carbocycles. The van der Waals surface area contributed by atoms with E-state index in [1.54, 1.807) is 32.0 Å². The van der Waals surface area contributed by atoms with Gasteiger partial charge in [-0.1, -0.05) is 6.07 Å². The van der Waals surface area contributed by atoms with E-state index in [2.05, 4.69) is 4.98 Å². The predicted molar refractivity (Wildman–Crippen MR) is 61.0 cm³/mol. The molecular formula is C11H18N2O3. The molecule has 0 fully saturated rings. The van der Waals surface area contributed by atoms with Gasteiger partial charge in [0.25, 0.3) is 0 Å². The van der Waals surface area contributed by atoms with E-state index >= 15 is 0 Å². The summed E-state index contributed by atoms with van der Waals surface area (Å²) in [5, 5.41) is 9.28. The van der Waals surface area contributed by atoms with Crippen molar-refractivity contribution in [1.82, 2.24) is 4.98 Å². The third kappa shape index (κ3) is 5.53. The van der Waals surface area contributed by atoms with Gasteiger partial charge in [-0.15, -0.1) is 0 Å². The van der Waals surface area contributed by atoms with Gasteiger partial charge in [-0.05, 0) is 19.9 Å². The fraction of sp³-hybridized carbons (Fsp3) is 0.545. The number of hydrogen-bond acceptors (Lipinski definition) is 5. The molecular weight excluding hydrogens is 208 g/mol. The molecule has 3 N–H and O–H groups in total. The second kappa shape index (κ2) is 5.67. The van der Waals surface area contributed by atoms with Crippen LogP contribution in [0.3, 0.4) is 0 Å². The van der Waals surface area contributed by atoms with E-state index in [0.29, 0.717) is 31.3 Å². The van der Waals surface area contributed by atoms with E-state index in [-0.39, 0.29) is 0 Å². The zero-order valence-electron chi connectivity index (χ0n) is 9.64. The standard InChI is InChI=1S/C11H18N2O3/c1-11(2,14)16-8-4-7-15-10-6-3-5-9(12)13-10/h3,5-6,14H,4,7-8H2,1-2H3,(H2,12,13). The van der Waals surface area contributed by atoms with E-state index in [4.69, 9.17) is 15.2 Å². The summed E-state index contributed by atoms with van der Waals surface area (Å²) < 4.78 is 10.5. The molecule has 0 bridgehead atoms. The highest BCUT2D eigenvalue weighted by molar-refractivity contribution is 5.30. The minimum atomic E-state index is -1.09. The normalized spacial score (nSPS) is 11.4. The number of ether oxygens (including phenoxy) is 2. The van der Waals surface area contributed by atoms with Crippen LogP contribution in [-0.2, 0) is 4.74 Å². The van der Waals surface area contributed by atoms with Crippen LogP contribution < -0.4 is 10.5 Å². The third-order valence-electron chi connectivity index (χ3n) is 1.74. The van der Waals surface area contributed by atoms with Gasteiger partial charge in [0.1, 0.15) is 5.82 Å². The first kappa shape index (κ1) is 12.7. The van der Waals surface area contributed by atoms with Crippen LogP contribution in [0.4, 0.5) is 5.82 Å². The molecule has 0 saturated heterocycles. The summed E-state index contributed by atoms with van der Waals surface area (Å²) in [5.41, 5.74) is 5.50. The monoisotopic (exact) mass is 226 g/mol. The molecule has 0 saturated carbocycles. The highest BCUT2D eigenvalue weighted by atomic mass is 16.6. The molecule has 5 nitrogen and oxygen atoms in total. The van der Waals surface area contributed by atoms with Crippen LogP contribution in [0.1, 0.15) is 20.3 Å². The molecule has 0 unspecified atom stereocenters. The molecule has 16 heavy (non-hydrogen) atoms. The molecule has 0 aliphatic heterocycles. The lowest BCUT2D eigenvalue weighted by molar-refractivity contribution is -0.176. The largest absolute Gasteiger partial charge is 0.478 e. The van der Waals surface area contributed by atoms with Crippen LogP contribution in [0.5, 0.6) is 5.88 Å². The fourth-order valence-corrected chi connectivity index (χ4v) is 1.07. The number of pyridine rings is 1. The zero-order valence-corrected chi connectivity index (χ0v) is 9.64. The molecule has 1 rings (SSSR count). The van der Waals surface area contributed by atoms with Crippen molar-refractivity contribution in [3.63, 3.8) is 0 Å². The Balaban J connectivity index is 2.17. The van der Waals surface area contributed by atoms with Crippen LogP contribution in [-0.4, -0.2) is 29.1 Å². The Morgan fingerprint density at radius 2 is 2.12 bits per heavy atom. The van der Waals surface area contributed by atoms with Gasteiger partial charge in [0, 0.05) is 12.5 Å². The maximum absolute atomic E-state index is 9.28. The lowest BCUT2D eigenvalue weighted by atomic mass is 10.4. The minimum Gasteiger partial charge on any atom is -0.478 e. The predicted octanol–water partition coefficient (Wildman–Crippen LogP) is 1.18. The van der Waals surface area contributed by atoms with Gasteiger partial charge in [-0.25, -0.2) is 0 Å². The maximum Gasteiger partial charge on any atom is 0.215 e. The van der Waals surface area contributed by atoms with Crippen LogP contribution in [0.15, 0.2) is 18.2 Å². The molecule has 5 heteroatoms. The van der Waals surface area contributed by atoms with E-state index in [0.717, 1.165) is 0 Å². The molecule has 90 valence electrons. The Morgan fingerprint density at radius 1 is 1.38 bits per heavy atom. The number of aromatic nitrogens is 1. The number of nitrogens with zero attached hydrogens (tertiary/aromatic N) is 1. The second-order valence-corrected chi connectivity index (χ2v) is 3.90. The van der Waals surface area contributed by atoms with Gasteiger partial charge in [-0.3, -0.25) is 0 Å². The molecule has 0 amide bonds. The summed E-state index contributed by atoms with van der Waals surface area (Å²) in [6.07, 6.45) is 0.681. The van der Waals surface area contributed by atoms with Crippen molar-refractivity contribution in [3.05, 3.63) is 18.2 Å². The summed E-state index contributed by atoms with van der Waals surface area (Å²) in [5.74, 6) is -0.149. The average Bonchev–Trinajstić information content (AvgIpc) is 2.15. The van der Waals surface area contributed by atoms with Crippen LogP contribution in [0, 0.1) is 0 Å². The van der Waals surface area contributed by atoms with Gasteiger partial charge < -0.3 is 20.3 Å². The third-order valence-corrected chi connectivity index (χ3v) is 1.74. The highest BCUT2D eigenvalue weighted by Crippen LogP contribution is 2.09. The SMILES string of the molecule is CC(C)(O)OCCCOc1cccc(N)n1. The number of nitrogens with two attached hydrogens (primary N) is 1. The lowest BCUT2D eigenvalue weighted by Crippen LogP contribution is -2.24. The van der Waals surface area contributed by atoms with Gasteiger partial charge in [-0.2, -0.15) is 4.98 Å². The second-order valence-electron chi connectivity index (χ2n) is 3.90. The van der Waals surface area contributed by atoms with Crippen molar-refractivity contribution >= 4 is 5.82 Å². The molecule has 1 aromatic heterocycles. The Bertz CT molecular complexity index is 323. The lowest BCUT2D eigenvalue weighted by Gasteiger charge is -2.17. The summed E-state index contributed by atoms with van der Waals surface area (Å²) in [4.78, 5) is 3.98. The summed E-state index contributed by atoms with van der Waals surface area (Å²) >= 11 is 0. The summed E-state index contributed by atoms with van der Waals surface area (Å²) in [7, 11) is 0. The first-order valence-electron chi connectivity index (χ1n) is 5.19. The van der Waals surface area contributed by atoms with Crippen LogP contribution in [0.2, 0.25) is 0 Å². The number of aliphatic hydroxyl groups is 1. The quantitative estimate of drug-likeness (QED) is 0.562. The minimum absolute atomic E-state index is 0.435. The molecule has 0 spiro atoms. The number of rotatable bonds is 6. The van der Waals surface area contributed by atoms with Gasteiger partial charge in [0.2, 0.25) is 5.88 Å². The number of nitrogen functional groups attached to an aromatic ring is 1. The highest BCUT2D eigenvalue weighted by Gasteiger charge is 2.11. The number of anilines is 1. The van der Waals surface area contributed by atoms with Crippen LogP contribution >= 0.6 is 0 Å². The van der Waals surface area contributed by atoms with E-state index in [9.17, 15) is 5.11 Å². The van der Waals surface area contributed by atoms with Gasteiger partial charge in [0.05, 0.1) is 13.2 Å². The first-order chi connectivity index (χ1) is 7.47. The van der Waals surface area contributed by atoms with Crippen molar-refractivity contribution in [2.45, 2.75) is 26.1 Å². The molecule has 0 atom stereocenters. The van der Waals surface area contributed by atoms with E-state index < -0.39 is 5.79 Å². The Kier molecular flexibility index (Phi) is 4.52.